The summed E-state index contributed by atoms with van der Waals surface area (Å²) in [6.07, 6.45) is 1.08. The number of carbonyl (C=O) groups excluding carboxylic acids is 1. The maximum atomic E-state index is 11.8. The molecule has 0 spiro atoms. The third-order valence-electron chi connectivity index (χ3n) is 2.00. The summed E-state index contributed by atoms with van der Waals surface area (Å²) in [6.45, 7) is 1.17. The lowest BCUT2D eigenvalue weighted by Gasteiger charge is -2.13. The van der Waals surface area contributed by atoms with Crippen LogP contribution in [0, 0.1) is 0 Å². The highest BCUT2D eigenvalue weighted by Gasteiger charge is 2.30. The van der Waals surface area contributed by atoms with Crippen LogP contribution in [0.5, 0.6) is 0 Å². The molecule has 0 bridgehead atoms. The molecular weight excluding hydrogens is 305 g/mol. The first kappa shape index (κ1) is 14.9. The second-order valence-electron chi connectivity index (χ2n) is 3.14. The van der Waals surface area contributed by atoms with Gasteiger partial charge in [0.2, 0.25) is 10.0 Å². The molecular formula is C8H9Cl2N3O4S. The van der Waals surface area contributed by atoms with E-state index in [-0.39, 0.29) is 16.0 Å². The highest BCUT2D eigenvalue weighted by Crippen LogP contribution is 2.27. The molecule has 1 atom stereocenters. The van der Waals surface area contributed by atoms with Gasteiger partial charge in [0.15, 0.2) is 15.6 Å². The van der Waals surface area contributed by atoms with Gasteiger partial charge in [-0.3, -0.25) is 9.52 Å². The van der Waals surface area contributed by atoms with Gasteiger partial charge in [-0.25, -0.2) is 18.4 Å². The second kappa shape index (κ2) is 5.68. The van der Waals surface area contributed by atoms with Crippen LogP contribution in [0.1, 0.15) is 6.92 Å². The minimum absolute atomic E-state index is 0.171. The number of hydrogen-bond donors (Lipinski definition) is 1. The number of sulfonamides is 1. The topological polar surface area (TPSA) is 98.2 Å². The van der Waals surface area contributed by atoms with Gasteiger partial charge in [0.1, 0.15) is 12.0 Å². The lowest BCUT2D eigenvalue weighted by molar-refractivity contribution is -0.139. The molecule has 1 unspecified atom stereocenters. The van der Waals surface area contributed by atoms with Crippen molar-refractivity contribution >= 4 is 44.9 Å². The smallest absolute Gasteiger partial charge is 0.325 e. The summed E-state index contributed by atoms with van der Waals surface area (Å²) >= 11 is 11.4. The predicted molar refractivity (Wildman–Crippen MR) is 66.1 cm³/mol. The molecule has 0 amide bonds. The summed E-state index contributed by atoms with van der Waals surface area (Å²) in [5, 5.41) is -1.76. The summed E-state index contributed by atoms with van der Waals surface area (Å²) in [7, 11) is -2.96. The first-order valence-corrected chi connectivity index (χ1v) is 6.85. The highest BCUT2D eigenvalue weighted by atomic mass is 35.5. The quantitative estimate of drug-likeness (QED) is 0.660. The molecule has 0 aliphatic rings. The van der Waals surface area contributed by atoms with E-state index < -0.39 is 21.2 Å². The minimum atomic E-state index is -4.04. The Kier molecular flexibility index (Phi) is 4.71. The number of nitrogens with one attached hydrogen (secondary N) is 1. The van der Waals surface area contributed by atoms with Crippen LogP contribution < -0.4 is 4.72 Å². The molecule has 0 aromatic carbocycles. The molecule has 100 valence electrons. The average molecular weight is 314 g/mol. The van der Waals surface area contributed by atoms with Crippen molar-refractivity contribution < 1.29 is 17.9 Å². The van der Waals surface area contributed by atoms with Gasteiger partial charge in [0.25, 0.3) is 0 Å². The van der Waals surface area contributed by atoms with Crippen LogP contribution in [0.2, 0.25) is 10.3 Å². The normalized spacial score (nSPS) is 12.9. The molecule has 0 radical (unpaired) electrons. The fourth-order valence-electron chi connectivity index (χ4n) is 0.952. The van der Waals surface area contributed by atoms with Crippen molar-refractivity contribution in [2.75, 3.05) is 11.8 Å². The number of aromatic nitrogens is 2. The van der Waals surface area contributed by atoms with E-state index in [0.717, 1.165) is 13.4 Å². The van der Waals surface area contributed by atoms with E-state index in [9.17, 15) is 13.2 Å². The van der Waals surface area contributed by atoms with Gasteiger partial charge < -0.3 is 4.74 Å². The molecule has 1 N–H and O–H groups in total. The lowest BCUT2D eigenvalue weighted by atomic mass is 10.5. The van der Waals surface area contributed by atoms with Gasteiger partial charge in [-0.2, -0.15) is 0 Å². The van der Waals surface area contributed by atoms with E-state index in [2.05, 4.69) is 19.4 Å². The second-order valence-corrected chi connectivity index (χ2v) is 5.86. The number of halogens is 2. The number of esters is 1. The predicted octanol–water partition coefficient (Wildman–Crippen LogP) is 1.09. The van der Waals surface area contributed by atoms with Crippen LogP contribution in [-0.2, 0) is 19.6 Å². The molecule has 1 heterocycles. The monoisotopic (exact) mass is 313 g/mol. The number of ether oxygens (including phenoxy) is 1. The summed E-state index contributed by atoms with van der Waals surface area (Å²) in [6, 6.07) is 0. The zero-order chi connectivity index (χ0) is 13.9. The number of methoxy groups -OCH3 is 1. The molecule has 0 saturated heterocycles. The van der Waals surface area contributed by atoms with Crippen LogP contribution in [0.4, 0.5) is 5.69 Å². The molecule has 1 rings (SSSR count). The van der Waals surface area contributed by atoms with Gasteiger partial charge in [-0.15, -0.1) is 0 Å². The van der Waals surface area contributed by atoms with Gasteiger partial charge in [0.05, 0.1) is 7.11 Å². The fourth-order valence-corrected chi connectivity index (χ4v) is 2.48. The van der Waals surface area contributed by atoms with Crippen molar-refractivity contribution in [1.29, 1.82) is 0 Å². The van der Waals surface area contributed by atoms with E-state index in [1.807, 2.05) is 0 Å². The third kappa shape index (κ3) is 3.21. The van der Waals surface area contributed by atoms with Crippen LogP contribution >= 0.6 is 23.2 Å². The Morgan fingerprint density at radius 1 is 1.39 bits per heavy atom. The van der Waals surface area contributed by atoms with Crippen molar-refractivity contribution in [3.05, 3.63) is 16.6 Å². The van der Waals surface area contributed by atoms with Crippen LogP contribution in [0.3, 0.4) is 0 Å². The Morgan fingerprint density at radius 2 is 1.89 bits per heavy atom. The van der Waals surface area contributed by atoms with E-state index in [1.165, 1.54) is 6.92 Å². The molecule has 0 fully saturated rings. The SMILES string of the molecule is COC(=O)C(C)S(=O)(=O)Nc1c(Cl)ncnc1Cl. The Bertz CT molecular complexity index is 543. The molecule has 1 aromatic heterocycles. The van der Waals surface area contributed by atoms with Crippen molar-refractivity contribution in [1.82, 2.24) is 9.97 Å². The molecule has 0 aliphatic heterocycles. The standard InChI is InChI=1S/C8H9Cl2N3O4S/c1-4(8(14)17-2)18(15,16)13-5-6(9)11-3-12-7(5)10/h3-4,13H,1-2H3. The number of nitrogens with zero attached hydrogens (tertiary/aromatic N) is 2. The van der Waals surface area contributed by atoms with Crippen molar-refractivity contribution in [3.63, 3.8) is 0 Å². The van der Waals surface area contributed by atoms with Gasteiger partial charge in [-0.1, -0.05) is 23.2 Å². The van der Waals surface area contributed by atoms with Gasteiger partial charge in [0, 0.05) is 0 Å². The summed E-state index contributed by atoms with van der Waals surface area (Å²) in [5.74, 6) is -0.911. The average Bonchev–Trinajstić information content (AvgIpc) is 2.32. The van der Waals surface area contributed by atoms with Crippen molar-refractivity contribution in [3.8, 4) is 0 Å². The molecule has 0 aliphatic carbocycles. The molecule has 7 nitrogen and oxygen atoms in total. The Morgan fingerprint density at radius 3 is 2.33 bits per heavy atom. The van der Waals surface area contributed by atoms with E-state index in [4.69, 9.17) is 23.2 Å². The van der Waals surface area contributed by atoms with Gasteiger partial charge in [-0.05, 0) is 6.92 Å². The zero-order valence-corrected chi connectivity index (χ0v) is 11.7. The molecule has 0 saturated carbocycles. The maximum Gasteiger partial charge on any atom is 0.325 e. The summed E-state index contributed by atoms with van der Waals surface area (Å²) in [4.78, 5) is 18.3. The minimum Gasteiger partial charge on any atom is -0.468 e. The van der Waals surface area contributed by atoms with E-state index in [0.29, 0.717) is 0 Å². The lowest BCUT2D eigenvalue weighted by Crippen LogP contribution is -2.33. The maximum absolute atomic E-state index is 11.8. The van der Waals surface area contributed by atoms with Crippen LogP contribution in [0.25, 0.3) is 0 Å². The first-order chi connectivity index (χ1) is 8.29. The number of hydrogen-bond acceptors (Lipinski definition) is 6. The highest BCUT2D eigenvalue weighted by molar-refractivity contribution is 7.94. The first-order valence-electron chi connectivity index (χ1n) is 4.55. The molecule has 1 aromatic rings. The van der Waals surface area contributed by atoms with Crippen LogP contribution in [0.15, 0.2) is 6.33 Å². The molecule has 18 heavy (non-hydrogen) atoms. The number of rotatable bonds is 4. The van der Waals surface area contributed by atoms with Crippen molar-refractivity contribution in [2.45, 2.75) is 12.2 Å². The Hall–Kier alpha value is -1.12. The Labute approximate surface area is 114 Å². The molecule has 10 heteroatoms. The van der Waals surface area contributed by atoms with E-state index >= 15 is 0 Å². The summed E-state index contributed by atoms with van der Waals surface area (Å²) in [5.41, 5.74) is -0.184. The Balaban J connectivity index is 3.07. The zero-order valence-electron chi connectivity index (χ0n) is 9.35. The van der Waals surface area contributed by atoms with Crippen molar-refractivity contribution in [2.24, 2.45) is 0 Å². The van der Waals surface area contributed by atoms with Crippen LogP contribution in [-0.4, -0.2) is 36.7 Å². The largest absolute Gasteiger partial charge is 0.468 e. The number of carbonyl (C=O) groups is 1. The summed E-state index contributed by atoms with van der Waals surface area (Å²) < 4.78 is 30.0. The van der Waals surface area contributed by atoms with Gasteiger partial charge >= 0.3 is 5.97 Å². The third-order valence-corrected chi connectivity index (χ3v) is 4.18. The fraction of sp³-hybridized carbons (Fsp3) is 0.375. The number of anilines is 1. The van der Waals surface area contributed by atoms with E-state index in [1.54, 1.807) is 0 Å².